The van der Waals surface area contributed by atoms with Crippen molar-refractivity contribution in [3.63, 3.8) is 0 Å². The van der Waals surface area contributed by atoms with Gasteiger partial charge in [0.2, 0.25) is 0 Å². The fourth-order valence-corrected chi connectivity index (χ4v) is 1.79. The lowest BCUT2D eigenvalue weighted by Gasteiger charge is -2.33. The van der Waals surface area contributed by atoms with Gasteiger partial charge in [0.15, 0.2) is 0 Å². The number of nitrogens with two attached hydrogens (primary N) is 1. The average Bonchev–Trinajstić information content (AvgIpc) is 2.24. The molecule has 1 aliphatic heterocycles. The molecule has 2 heterocycles. The minimum atomic E-state index is 0.464. The van der Waals surface area contributed by atoms with Crippen LogP contribution in [0.4, 0.5) is 5.69 Å². The fourth-order valence-electron chi connectivity index (χ4n) is 1.79. The van der Waals surface area contributed by atoms with Gasteiger partial charge in [-0.1, -0.05) is 0 Å². The van der Waals surface area contributed by atoms with E-state index in [0.717, 1.165) is 37.6 Å². The molecule has 82 valence electrons. The van der Waals surface area contributed by atoms with E-state index in [1.54, 1.807) is 12.4 Å². The average molecular weight is 207 g/mol. The first-order valence-corrected chi connectivity index (χ1v) is 5.27. The van der Waals surface area contributed by atoms with Crippen molar-refractivity contribution >= 4 is 5.69 Å². The Morgan fingerprint density at radius 2 is 2.53 bits per heavy atom. The third-order valence-corrected chi connectivity index (χ3v) is 2.82. The molecule has 0 aliphatic carbocycles. The highest BCUT2D eigenvalue weighted by Gasteiger charge is 2.19. The highest BCUT2D eigenvalue weighted by Crippen LogP contribution is 2.15. The van der Waals surface area contributed by atoms with Gasteiger partial charge in [-0.05, 0) is 18.6 Å². The lowest BCUT2D eigenvalue weighted by Crippen LogP contribution is -2.43. The molecule has 1 atom stereocenters. The van der Waals surface area contributed by atoms with Crippen LogP contribution in [0.2, 0.25) is 0 Å². The molecular weight excluding hydrogens is 190 g/mol. The Labute approximate surface area is 90.0 Å². The third kappa shape index (κ3) is 2.46. The van der Waals surface area contributed by atoms with E-state index < -0.39 is 0 Å². The van der Waals surface area contributed by atoms with Gasteiger partial charge in [0, 0.05) is 25.3 Å². The van der Waals surface area contributed by atoms with Crippen LogP contribution in [0.5, 0.6) is 0 Å². The maximum Gasteiger partial charge on any atom is 0.0619 e. The molecule has 0 spiro atoms. The number of anilines is 1. The molecule has 0 bridgehead atoms. The number of rotatable bonds is 2. The Morgan fingerprint density at radius 3 is 3.27 bits per heavy atom. The summed E-state index contributed by atoms with van der Waals surface area (Å²) >= 11 is 0. The molecule has 1 saturated heterocycles. The van der Waals surface area contributed by atoms with Crippen LogP contribution in [0.25, 0.3) is 0 Å². The monoisotopic (exact) mass is 207 g/mol. The predicted octanol–water partition coefficient (Wildman–Crippen LogP) is 0.884. The maximum absolute atomic E-state index is 5.86. The molecule has 2 rings (SSSR count). The van der Waals surface area contributed by atoms with Crippen molar-refractivity contribution < 1.29 is 4.74 Å². The lowest BCUT2D eigenvalue weighted by atomic mass is 10.2. The summed E-state index contributed by atoms with van der Waals surface area (Å²) in [6, 6.07) is 2.45. The van der Waals surface area contributed by atoms with Gasteiger partial charge in [0.25, 0.3) is 0 Å². The minimum Gasteiger partial charge on any atom is -0.397 e. The van der Waals surface area contributed by atoms with Crippen molar-refractivity contribution in [3.05, 3.63) is 24.0 Å². The van der Waals surface area contributed by atoms with E-state index in [1.165, 1.54) is 0 Å². The zero-order valence-corrected chi connectivity index (χ0v) is 9.02. The zero-order valence-electron chi connectivity index (χ0n) is 9.02. The molecule has 1 unspecified atom stereocenters. The van der Waals surface area contributed by atoms with Crippen LogP contribution in [-0.4, -0.2) is 35.7 Å². The summed E-state index contributed by atoms with van der Waals surface area (Å²) in [6.07, 6.45) is 3.50. The van der Waals surface area contributed by atoms with Crippen LogP contribution < -0.4 is 5.73 Å². The third-order valence-electron chi connectivity index (χ3n) is 2.82. The van der Waals surface area contributed by atoms with Crippen LogP contribution >= 0.6 is 0 Å². The molecule has 0 saturated carbocycles. The van der Waals surface area contributed by atoms with Crippen LogP contribution in [0.1, 0.15) is 12.5 Å². The summed E-state index contributed by atoms with van der Waals surface area (Å²) < 4.78 is 5.39. The molecule has 1 aromatic rings. The van der Waals surface area contributed by atoms with E-state index in [0.29, 0.717) is 6.04 Å². The zero-order chi connectivity index (χ0) is 10.7. The van der Waals surface area contributed by atoms with Crippen molar-refractivity contribution in [1.82, 2.24) is 9.88 Å². The second kappa shape index (κ2) is 4.59. The number of morpholine rings is 1. The van der Waals surface area contributed by atoms with E-state index >= 15 is 0 Å². The quantitative estimate of drug-likeness (QED) is 0.782. The number of nitrogen functional groups attached to an aromatic ring is 1. The molecule has 4 nitrogen and oxygen atoms in total. The smallest absolute Gasteiger partial charge is 0.0619 e. The van der Waals surface area contributed by atoms with Gasteiger partial charge in [-0.3, -0.25) is 9.88 Å². The van der Waals surface area contributed by atoms with Crippen molar-refractivity contribution in [1.29, 1.82) is 0 Å². The first-order valence-electron chi connectivity index (χ1n) is 5.27. The van der Waals surface area contributed by atoms with Gasteiger partial charge >= 0.3 is 0 Å². The Morgan fingerprint density at radius 1 is 1.67 bits per heavy atom. The molecular formula is C11H17N3O. The van der Waals surface area contributed by atoms with Gasteiger partial charge in [-0.25, -0.2) is 0 Å². The van der Waals surface area contributed by atoms with Gasteiger partial charge in [-0.2, -0.15) is 0 Å². The van der Waals surface area contributed by atoms with E-state index in [9.17, 15) is 0 Å². The molecule has 0 aromatic carbocycles. The molecule has 1 aromatic heterocycles. The summed E-state index contributed by atoms with van der Waals surface area (Å²) in [6.45, 7) is 5.67. The standard InChI is InChI=1S/C11H17N3O/c1-9-8-15-5-4-14(9)7-10-2-3-13-6-11(10)12/h2-3,6,9H,4-5,7-8,12H2,1H3. The van der Waals surface area contributed by atoms with E-state index in [1.807, 2.05) is 6.07 Å². The Balaban J connectivity index is 2.04. The second-order valence-corrected chi connectivity index (χ2v) is 3.97. The predicted molar refractivity (Wildman–Crippen MR) is 59.3 cm³/mol. The number of ether oxygens (including phenoxy) is 1. The van der Waals surface area contributed by atoms with Crippen LogP contribution in [0.15, 0.2) is 18.5 Å². The van der Waals surface area contributed by atoms with E-state index in [2.05, 4.69) is 16.8 Å². The van der Waals surface area contributed by atoms with Gasteiger partial charge in [-0.15, -0.1) is 0 Å². The number of pyridine rings is 1. The second-order valence-electron chi connectivity index (χ2n) is 3.97. The fraction of sp³-hybridized carbons (Fsp3) is 0.545. The van der Waals surface area contributed by atoms with Gasteiger partial charge in [0.1, 0.15) is 0 Å². The number of aromatic nitrogens is 1. The minimum absolute atomic E-state index is 0.464. The number of hydrogen-bond acceptors (Lipinski definition) is 4. The van der Waals surface area contributed by atoms with Crippen LogP contribution in [0, 0.1) is 0 Å². The normalized spacial score (nSPS) is 22.9. The topological polar surface area (TPSA) is 51.4 Å². The highest BCUT2D eigenvalue weighted by molar-refractivity contribution is 5.43. The summed E-state index contributed by atoms with van der Waals surface area (Å²) in [5, 5.41) is 0. The molecule has 1 fully saturated rings. The molecule has 1 aliphatic rings. The first-order chi connectivity index (χ1) is 7.27. The molecule has 0 radical (unpaired) electrons. The van der Waals surface area contributed by atoms with Crippen molar-refractivity contribution in [2.24, 2.45) is 0 Å². The van der Waals surface area contributed by atoms with Gasteiger partial charge < -0.3 is 10.5 Å². The molecule has 4 heteroatoms. The SMILES string of the molecule is CC1COCCN1Cc1ccncc1N. The van der Waals surface area contributed by atoms with E-state index in [-0.39, 0.29) is 0 Å². The van der Waals surface area contributed by atoms with E-state index in [4.69, 9.17) is 10.5 Å². The number of hydrogen-bond donors (Lipinski definition) is 1. The van der Waals surface area contributed by atoms with Crippen LogP contribution in [-0.2, 0) is 11.3 Å². The van der Waals surface area contributed by atoms with Crippen molar-refractivity contribution in [2.45, 2.75) is 19.5 Å². The summed E-state index contributed by atoms with van der Waals surface area (Å²) in [5.41, 5.74) is 7.79. The number of nitrogens with zero attached hydrogens (tertiary/aromatic N) is 2. The Bertz CT molecular complexity index is 329. The Hall–Kier alpha value is -1.13. The highest BCUT2D eigenvalue weighted by atomic mass is 16.5. The summed E-state index contributed by atoms with van der Waals surface area (Å²) in [7, 11) is 0. The molecule has 2 N–H and O–H groups in total. The Kier molecular flexibility index (Phi) is 3.18. The largest absolute Gasteiger partial charge is 0.397 e. The molecule has 0 amide bonds. The first kappa shape index (κ1) is 10.4. The summed E-state index contributed by atoms with van der Waals surface area (Å²) in [4.78, 5) is 6.37. The lowest BCUT2D eigenvalue weighted by molar-refractivity contribution is -0.00428. The van der Waals surface area contributed by atoms with Crippen LogP contribution in [0.3, 0.4) is 0 Å². The van der Waals surface area contributed by atoms with Crippen molar-refractivity contribution in [2.75, 3.05) is 25.5 Å². The van der Waals surface area contributed by atoms with Crippen molar-refractivity contribution in [3.8, 4) is 0 Å². The summed E-state index contributed by atoms with van der Waals surface area (Å²) in [5.74, 6) is 0. The van der Waals surface area contributed by atoms with Gasteiger partial charge in [0.05, 0.1) is 25.1 Å². The maximum atomic E-state index is 5.86. The molecule has 15 heavy (non-hydrogen) atoms.